The fourth-order valence-electron chi connectivity index (χ4n) is 2.27. The second-order valence-electron chi connectivity index (χ2n) is 4.89. The number of nitrogens with zero attached hydrogens (tertiary/aromatic N) is 1. The number of hydrogen-bond acceptors (Lipinski definition) is 2. The summed E-state index contributed by atoms with van der Waals surface area (Å²) in [5, 5.41) is 0. The van der Waals surface area contributed by atoms with Crippen molar-refractivity contribution in [1.82, 2.24) is 0 Å². The topological polar surface area (TPSA) is 29.3 Å². The summed E-state index contributed by atoms with van der Waals surface area (Å²) in [5.41, 5.74) is 6.55. The van der Waals surface area contributed by atoms with Gasteiger partial charge in [0.15, 0.2) is 0 Å². The fraction of sp³-hybridized carbons (Fsp3) is 0.538. The van der Waals surface area contributed by atoms with E-state index in [1.165, 1.54) is 5.56 Å². The summed E-state index contributed by atoms with van der Waals surface area (Å²) in [6.07, 6.45) is -1.35. The van der Waals surface area contributed by atoms with Crippen LogP contribution < -0.4 is 10.6 Å². The Hall–Kier alpha value is -1.16. The Labute approximate surface area is 100 Å². The second kappa shape index (κ2) is 4.61. The predicted octanol–water partition coefficient (Wildman–Crippen LogP) is 2.56. The first-order valence-corrected chi connectivity index (χ1v) is 5.90. The molecule has 2 N–H and O–H groups in total. The third-order valence-electron chi connectivity index (χ3n) is 3.39. The summed E-state index contributed by atoms with van der Waals surface area (Å²) in [7, 11) is 0. The van der Waals surface area contributed by atoms with Crippen LogP contribution in [0.2, 0.25) is 0 Å². The molecule has 1 aromatic carbocycles. The Morgan fingerprint density at radius 3 is 2.53 bits per heavy atom. The van der Waals surface area contributed by atoms with Gasteiger partial charge in [-0.25, -0.2) is 8.78 Å². The molecular formula is C13H18F2N2. The highest BCUT2D eigenvalue weighted by Crippen LogP contribution is 2.28. The Bertz CT molecular complexity index is 378. The number of halogens is 2. The van der Waals surface area contributed by atoms with Gasteiger partial charge < -0.3 is 10.6 Å². The molecule has 4 heteroatoms. The molecule has 1 unspecified atom stereocenters. The molecule has 0 spiro atoms. The Morgan fingerprint density at radius 1 is 1.29 bits per heavy atom. The zero-order valence-electron chi connectivity index (χ0n) is 10.00. The maximum Gasteiger partial charge on any atom is 0.258 e. The van der Waals surface area contributed by atoms with Crippen LogP contribution in [0.1, 0.15) is 18.4 Å². The minimum absolute atomic E-state index is 0.230. The van der Waals surface area contributed by atoms with Gasteiger partial charge in [-0.05, 0) is 31.9 Å². The van der Waals surface area contributed by atoms with Gasteiger partial charge in [-0.1, -0.05) is 17.7 Å². The lowest BCUT2D eigenvalue weighted by Crippen LogP contribution is -2.59. The Balaban J connectivity index is 2.15. The SMILES string of the molecule is Cc1ccc(N2CCCC(N)(C(F)F)C2)cc1. The van der Waals surface area contributed by atoms with Crippen LogP contribution in [0, 0.1) is 6.92 Å². The highest BCUT2D eigenvalue weighted by Gasteiger charge is 2.39. The first kappa shape index (κ1) is 12.3. The first-order valence-electron chi connectivity index (χ1n) is 5.90. The van der Waals surface area contributed by atoms with Crippen LogP contribution in [0.3, 0.4) is 0 Å². The summed E-state index contributed by atoms with van der Waals surface area (Å²) in [5.74, 6) is 0. The molecule has 1 saturated heterocycles. The lowest BCUT2D eigenvalue weighted by molar-refractivity contribution is 0.0448. The molecule has 1 aliphatic heterocycles. The maximum absolute atomic E-state index is 12.9. The van der Waals surface area contributed by atoms with Gasteiger partial charge in [0.1, 0.15) is 0 Å². The number of aryl methyl sites for hydroxylation is 1. The molecular weight excluding hydrogens is 222 g/mol. The molecule has 1 aliphatic rings. The van der Waals surface area contributed by atoms with E-state index in [-0.39, 0.29) is 6.54 Å². The number of nitrogens with two attached hydrogens (primary N) is 1. The van der Waals surface area contributed by atoms with Crippen LogP contribution in [0.25, 0.3) is 0 Å². The number of benzene rings is 1. The Kier molecular flexibility index (Phi) is 3.33. The highest BCUT2D eigenvalue weighted by molar-refractivity contribution is 5.48. The lowest BCUT2D eigenvalue weighted by atomic mass is 9.90. The average molecular weight is 240 g/mol. The van der Waals surface area contributed by atoms with E-state index in [0.29, 0.717) is 12.8 Å². The van der Waals surface area contributed by atoms with E-state index in [1.54, 1.807) is 0 Å². The lowest BCUT2D eigenvalue weighted by Gasteiger charge is -2.40. The normalized spacial score (nSPS) is 25.4. The standard InChI is InChI=1S/C13H18F2N2/c1-10-3-5-11(6-4-10)17-8-2-7-13(16,9-17)12(14)15/h3-6,12H,2,7-9,16H2,1H3. The van der Waals surface area contributed by atoms with Crippen molar-refractivity contribution in [3.8, 4) is 0 Å². The number of rotatable bonds is 2. The number of anilines is 1. The molecule has 1 atom stereocenters. The van der Waals surface area contributed by atoms with E-state index >= 15 is 0 Å². The number of hydrogen-bond donors (Lipinski definition) is 1. The van der Waals surface area contributed by atoms with Gasteiger partial charge in [-0.15, -0.1) is 0 Å². The van der Waals surface area contributed by atoms with E-state index in [0.717, 1.165) is 12.2 Å². The molecule has 0 bridgehead atoms. The van der Waals surface area contributed by atoms with Crippen LogP contribution in [0.15, 0.2) is 24.3 Å². The summed E-state index contributed by atoms with van der Waals surface area (Å²) in [6.45, 7) is 3.04. The van der Waals surface area contributed by atoms with Gasteiger partial charge in [0.05, 0.1) is 5.54 Å². The van der Waals surface area contributed by atoms with E-state index < -0.39 is 12.0 Å². The van der Waals surface area contributed by atoms with Crippen LogP contribution in [-0.4, -0.2) is 25.1 Å². The summed E-state index contributed by atoms with van der Waals surface area (Å²) in [4.78, 5) is 1.95. The molecule has 0 aliphatic carbocycles. The number of alkyl halides is 2. The van der Waals surface area contributed by atoms with Gasteiger partial charge in [0, 0.05) is 18.8 Å². The van der Waals surface area contributed by atoms with Crippen LogP contribution in [-0.2, 0) is 0 Å². The minimum Gasteiger partial charge on any atom is -0.369 e. The van der Waals surface area contributed by atoms with E-state index in [2.05, 4.69) is 0 Å². The van der Waals surface area contributed by atoms with Crippen molar-refractivity contribution in [2.75, 3.05) is 18.0 Å². The van der Waals surface area contributed by atoms with E-state index in [1.807, 2.05) is 36.1 Å². The molecule has 0 aromatic heterocycles. The molecule has 1 fully saturated rings. The molecule has 17 heavy (non-hydrogen) atoms. The molecule has 0 amide bonds. The molecule has 0 radical (unpaired) electrons. The fourth-order valence-corrected chi connectivity index (χ4v) is 2.27. The average Bonchev–Trinajstić information content (AvgIpc) is 2.30. The molecule has 1 heterocycles. The smallest absolute Gasteiger partial charge is 0.258 e. The third kappa shape index (κ3) is 2.57. The van der Waals surface area contributed by atoms with Crippen LogP contribution >= 0.6 is 0 Å². The number of piperidine rings is 1. The molecule has 1 aromatic rings. The van der Waals surface area contributed by atoms with Crippen molar-refractivity contribution >= 4 is 5.69 Å². The summed E-state index contributed by atoms with van der Waals surface area (Å²) >= 11 is 0. The first-order chi connectivity index (χ1) is 8.01. The quantitative estimate of drug-likeness (QED) is 0.860. The summed E-state index contributed by atoms with van der Waals surface area (Å²) < 4.78 is 25.8. The maximum atomic E-state index is 12.9. The van der Waals surface area contributed by atoms with Crippen molar-refractivity contribution in [3.63, 3.8) is 0 Å². The largest absolute Gasteiger partial charge is 0.369 e. The Morgan fingerprint density at radius 2 is 1.94 bits per heavy atom. The van der Waals surface area contributed by atoms with Crippen molar-refractivity contribution in [1.29, 1.82) is 0 Å². The van der Waals surface area contributed by atoms with Crippen LogP contribution in [0.4, 0.5) is 14.5 Å². The monoisotopic (exact) mass is 240 g/mol. The van der Waals surface area contributed by atoms with Crippen molar-refractivity contribution in [2.45, 2.75) is 31.7 Å². The van der Waals surface area contributed by atoms with E-state index in [4.69, 9.17) is 5.73 Å². The van der Waals surface area contributed by atoms with Gasteiger partial charge in [0.25, 0.3) is 6.43 Å². The van der Waals surface area contributed by atoms with Gasteiger partial charge >= 0.3 is 0 Å². The van der Waals surface area contributed by atoms with Crippen molar-refractivity contribution in [3.05, 3.63) is 29.8 Å². The predicted molar refractivity (Wildman–Crippen MR) is 65.5 cm³/mol. The zero-order chi connectivity index (χ0) is 12.5. The van der Waals surface area contributed by atoms with Crippen LogP contribution in [0.5, 0.6) is 0 Å². The molecule has 2 nitrogen and oxygen atoms in total. The third-order valence-corrected chi connectivity index (χ3v) is 3.39. The molecule has 0 saturated carbocycles. The van der Waals surface area contributed by atoms with Crippen molar-refractivity contribution in [2.24, 2.45) is 5.73 Å². The molecule has 2 rings (SSSR count). The second-order valence-corrected chi connectivity index (χ2v) is 4.89. The van der Waals surface area contributed by atoms with Gasteiger partial charge in [-0.3, -0.25) is 0 Å². The van der Waals surface area contributed by atoms with E-state index in [9.17, 15) is 8.78 Å². The summed E-state index contributed by atoms with van der Waals surface area (Å²) in [6, 6.07) is 7.91. The van der Waals surface area contributed by atoms with Crippen molar-refractivity contribution < 1.29 is 8.78 Å². The zero-order valence-corrected chi connectivity index (χ0v) is 10.00. The van der Waals surface area contributed by atoms with Gasteiger partial charge in [-0.2, -0.15) is 0 Å². The van der Waals surface area contributed by atoms with Gasteiger partial charge in [0.2, 0.25) is 0 Å². The highest BCUT2D eigenvalue weighted by atomic mass is 19.3. The molecule has 94 valence electrons. The minimum atomic E-state index is -2.46.